The van der Waals surface area contributed by atoms with Gasteiger partial charge < -0.3 is 15.0 Å². The highest BCUT2D eigenvalue weighted by molar-refractivity contribution is 6.02. The maximum Gasteiger partial charge on any atom is 0.172 e. The molecule has 2 aromatic rings. The van der Waals surface area contributed by atoms with Gasteiger partial charge in [0.15, 0.2) is 5.78 Å². The molecule has 0 spiro atoms. The van der Waals surface area contributed by atoms with Gasteiger partial charge in [0.2, 0.25) is 0 Å². The molecule has 0 amide bonds. The van der Waals surface area contributed by atoms with E-state index >= 15 is 0 Å². The summed E-state index contributed by atoms with van der Waals surface area (Å²) in [7, 11) is 1.56. The lowest BCUT2D eigenvalue weighted by molar-refractivity contribution is 0.0990. The monoisotopic (exact) mass is 273 g/mol. The van der Waals surface area contributed by atoms with Gasteiger partial charge in [-0.3, -0.25) is 4.79 Å². The summed E-state index contributed by atoms with van der Waals surface area (Å²) in [5.41, 5.74) is 6.81. The van der Waals surface area contributed by atoms with Gasteiger partial charge in [-0.1, -0.05) is 6.92 Å². The zero-order valence-corrected chi connectivity index (χ0v) is 11.8. The number of ether oxygens (including phenoxy) is 1. The zero-order valence-electron chi connectivity index (χ0n) is 11.8. The van der Waals surface area contributed by atoms with Gasteiger partial charge in [-0.2, -0.15) is 0 Å². The number of aromatic nitrogens is 2. The van der Waals surface area contributed by atoms with Gasteiger partial charge >= 0.3 is 0 Å². The first kappa shape index (κ1) is 14.1. The van der Waals surface area contributed by atoms with Crippen LogP contribution in [0.15, 0.2) is 30.6 Å². The van der Waals surface area contributed by atoms with Crippen molar-refractivity contribution in [1.29, 1.82) is 0 Å². The van der Waals surface area contributed by atoms with Crippen molar-refractivity contribution in [3.63, 3.8) is 0 Å². The van der Waals surface area contributed by atoms with Crippen LogP contribution in [0, 0.1) is 0 Å². The molecule has 2 N–H and O–H groups in total. The van der Waals surface area contributed by atoms with Crippen molar-refractivity contribution in [2.45, 2.75) is 26.3 Å². The van der Waals surface area contributed by atoms with Gasteiger partial charge in [0.05, 0.1) is 13.5 Å². The second kappa shape index (κ2) is 6.23. The van der Waals surface area contributed by atoms with Crippen molar-refractivity contribution in [2.24, 2.45) is 0 Å². The molecule has 20 heavy (non-hydrogen) atoms. The fraction of sp³-hybridized carbons (Fsp3) is 0.333. The van der Waals surface area contributed by atoms with Crippen LogP contribution in [0.2, 0.25) is 0 Å². The number of nitrogens with zero attached hydrogens (tertiary/aromatic N) is 2. The fourth-order valence-electron chi connectivity index (χ4n) is 2.09. The number of Topliss-reactive ketones (excluding diaryl/α,β-unsaturated/α-hetero) is 1. The van der Waals surface area contributed by atoms with Crippen LogP contribution in [0.1, 0.15) is 29.5 Å². The van der Waals surface area contributed by atoms with Crippen LogP contribution in [0.5, 0.6) is 5.75 Å². The molecule has 0 atom stereocenters. The number of carbonyl (C=O) groups excluding carboxylic acids is 1. The third-order valence-electron chi connectivity index (χ3n) is 3.15. The molecule has 0 aliphatic rings. The fourth-order valence-corrected chi connectivity index (χ4v) is 2.09. The van der Waals surface area contributed by atoms with Crippen molar-refractivity contribution < 1.29 is 9.53 Å². The Hall–Kier alpha value is -2.30. The molecule has 0 fully saturated rings. The largest absolute Gasteiger partial charge is 0.497 e. The SMILES string of the molecule is CCCn1ccnc1CC(=O)c1cc(OC)ccc1N. The topological polar surface area (TPSA) is 70.1 Å². The van der Waals surface area contributed by atoms with Crippen LogP contribution in [-0.4, -0.2) is 22.4 Å². The van der Waals surface area contributed by atoms with Gasteiger partial charge in [0.1, 0.15) is 11.6 Å². The molecule has 0 radical (unpaired) electrons. The molecule has 1 aromatic heterocycles. The second-order valence-electron chi connectivity index (χ2n) is 4.59. The Bertz CT molecular complexity index is 605. The minimum absolute atomic E-state index is 0.0510. The van der Waals surface area contributed by atoms with E-state index in [1.54, 1.807) is 31.5 Å². The van der Waals surface area contributed by atoms with Crippen molar-refractivity contribution >= 4 is 11.5 Å². The van der Waals surface area contributed by atoms with Gasteiger partial charge in [-0.05, 0) is 24.6 Å². The van der Waals surface area contributed by atoms with E-state index in [1.807, 2.05) is 10.8 Å². The number of hydrogen-bond acceptors (Lipinski definition) is 4. The van der Waals surface area contributed by atoms with Crippen molar-refractivity contribution in [1.82, 2.24) is 9.55 Å². The Balaban J connectivity index is 2.21. The lowest BCUT2D eigenvalue weighted by Gasteiger charge is -2.09. The van der Waals surface area contributed by atoms with E-state index in [-0.39, 0.29) is 12.2 Å². The maximum atomic E-state index is 12.4. The molecule has 2 rings (SSSR count). The Morgan fingerprint density at radius 3 is 2.95 bits per heavy atom. The van der Waals surface area contributed by atoms with Crippen molar-refractivity contribution in [2.75, 3.05) is 12.8 Å². The van der Waals surface area contributed by atoms with E-state index in [2.05, 4.69) is 11.9 Å². The van der Waals surface area contributed by atoms with E-state index in [1.165, 1.54) is 0 Å². The molecule has 1 aromatic carbocycles. The molecule has 0 aliphatic heterocycles. The molecule has 0 unspecified atom stereocenters. The minimum Gasteiger partial charge on any atom is -0.497 e. The summed E-state index contributed by atoms with van der Waals surface area (Å²) < 4.78 is 7.12. The number of benzene rings is 1. The summed E-state index contributed by atoms with van der Waals surface area (Å²) >= 11 is 0. The zero-order chi connectivity index (χ0) is 14.5. The number of aryl methyl sites for hydroxylation is 1. The number of rotatable bonds is 6. The summed E-state index contributed by atoms with van der Waals surface area (Å²) in [6.45, 7) is 2.95. The number of ketones is 1. The minimum atomic E-state index is -0.0510. The van der Waals surface area contributed by atoms with Crippen LogP contribution >= 0.6 is 0 Å². The summed E-state index contributed by atoms with van der Waals surface area (Å²) in [5.74, 6) is 1.34. The predicted molar refractivity (Wildman–Crippen MR) is 78.0 cm³/mol. The molecule has 106 valence electrons. The van der Waals surface area contributed by atoms with Crippen LogP contribution < -0.4 is 10.5 Å². The lowest BCUT2D eigenvalue weighted by Crippen LogP contribution is -2.12. The van der Waals surface area contributed by atoms with Gasteiger partial charge in [-0.25, -0.2) is 4.98 Å². The standard InChI is InChI=1S/C15H19N3O2/c1-3-7-18-8-6-17-15(18)10-14(19)12-9-11(20-2)4-5-13(12)16/h4-6,8-9H,3,7,10,16H2,1-2H3. The molecule has 0 saturated heterocycles. The van der Waals surface area contributed by atoms with Crippen LogP contribution in [-0.2, 0) is 13.0 Å². The molecule has 0 aliphatic carbocycles. The summed E-state index contributed by atoms with van der Waals surface area (Å²) in [6.07, 6.45) is 4.84. The van der Waals surface area contributed by atoms with E-state index < -0.39 is 0 Å². The van der Waals surface area contributed by atoms with Crippen LogP contribution in [0.4, 0.5) is 5.69 Å². The highest BCUT2D eigenvalue weighted by Crippen LogP contribution is 2.21. The van der Waals surface area contributed by atoms with Gasteiger partial charge in [0, 0.05) is 30.2 Å². The molecular weight excluding hydrogens is 254 g/mol. The molecular formula is C15H19N3O2. The Morgan fingerprint density at radius 1 is 1.45 bits per heavy atom. The Kier molecular flexibility index (Phi) is 4.40. The number of methoxy groups -OCH3 is 1. The van der Waals surface area contributed by atoms with Gasteiger partial charge in [0.25, 0.3) is 0 Å². The summed E-state index contributed by atoms with van der Waals surface area (Å²) in [5, 5.41) is 0. The molecule has 0 saturated carbocycles. The van der Waals surface area contributed by atoms with Crippen LogP contribution in [0.3, 0.4) is 0 Å². The van der Waals surface area contributed by atoms with Crippen molar-refractivity contribution in [3.05, 3.63) is 42.0 Å². The van der Waals surface area contributed by atoms with E-state index in [0.29, 0.717) is 17.0 Å². The van der Waals surface area contributed by atoms with Crippen LogP contribution in [0.25, 0.3) is 0 Å². The van der Waals surface area contributed by atoms with Gasteiger partial charge in [-0.15, -0.1) is 0 Å². The molecule has 0 bridgehead atoms. The van der Waals surface area contributed by atoms with E-state index in [4.69, 9.17) is 10.5 Å². The average molecular weight is 273 g/mol. The number of hydrogen-bond donors (Lipinski definition) is 1. The highest BCUT2D eigenvalue weighted by Gasteiger charge is 2.14. The molecule has 5 nitrogen and oxygen atoms in total. The number of nitrogen functional groups attached to an aromatic ring is 1. The average Bonchev–Trinajstić information content (AvgIpc) is 2.87. The first-order valence-electron chi connectivity index (χ1n) is 6.62. The third-order valence-corrected chi connectivity index (χ3v) is 3.15. The molecule has 5 heteroatoms. The summed E-state index contributed by atoms with van der Waals surface area (Å²) in [4.78, 5) is 16.6. The molecule has 1 heterocycles. The second-order valence-corrected chi connectivity index (χ2v) is 4.59. The predicted octanol–water partition coefficient (Wildman–Crippen LogP) is 2.31. The Labute approximate surface area is 118 Å². The Morgan fingerprint density at radius 2 is 2.25 bits per heavy atom. The first-order chi connectivity index (χ1) is 9.65. The number of carbonyl (C=O) groups is 1. The third kappa shape index (κ3) is 2.99. The summed E-state index contributed by atoms with van der Waals surface area (Å²) in [6, 6.07) is 5.10. The smallest absolute Gasteiger partial charge is 0.172 e. The first-order valence-corrected chi connectivity index (χ1v) is 6.62. The number of nitrogens with two attached hydrogens (primary N) is 1. The quantitative estimate of drug-likeness (QED) is 0.647. The maximum absolute atomic E-state index is 12.4. The number of anilines is 1. The lowest BCUT2D eigenvalue weighted by atomic mass is 10.1. The number of imidazole rings is 1. The van der Waals surface area contributed by atoms with E-state index in [0.717, 1.165) is 18.8 Å². The normalized spacial score (nSPS) is 10.5. The highest BCUT2D eigenvalue weighted by atomic mass is 16.5. The van der Waals surface area contributed by atoms with E-state index in [9.17, 15) is 4.79 Å². The van der Waals surface area contributed by atoms with Crippen molar-refractivity contribution in [3.8, 4) is 5.75 Å².